The Kier molecular flexibility index (Phi) is 7.37. The fourth-order valence-corrected chi connectivity index (χ4v) is 2.69. The van der Waals surface area contributed by atoms with Crippen molar-refractivity contribution >= 4 is 18.2 Å². The Morgan fingerprint density at radius 1 is 0.846 bits per heavy atom. The molecule has 0 spiro atoms. The summed E-state index contributed by atoms with van der Waals surface area (Å²) in [6.07, 6.45) is 0. The van der Waals surface area contributed by atoms with Crippen LogP contribution < -0.4 is 5.46 Å². The second-order valence-electron chi connectivity index (χ2n) is 6.40. The summed E-state index contributed by atoms with van der Waals surface area (Å²) in [6.45, 7) is 4.93. The summed E-state index contributed by atoms with van der Waals surface area (Å²) >= 11 is 0. The summed E-state index contributed by atoms with van der Waals surface area (Å²) in [7, 11) is 0. The topological polar surface area (TPSA) is 37.3 Å². The van der Waals surface area contributed by atoms with E-state index in [2.05, 4.69) is 67.6 Å². The highest BCUT2D eigenvalue weighted by Crippen LogP contribution is 2.22. The lowest BCUT2D eigenvalue weighted by Gasteiger charge is -2.11. The van der Waals surface area contributed by atoms with Crippen molar-refractivity contribution in [3.8, 4) is 0 Å². The minimum atomic E-state index is -0.510. The SMILES string of the molecule is CB(O)c1cccc(C(C)=O)c1.CC(c1ccccc1)c1ccccc1. The highest BCUT2D eigenvalue weighted by molar-refractivity contribution is 6.64. The van der Waals surface area contributed by atoms with Gasteiger partial charge in [-0.25, -0.2) is 0 Å². The van der Waals surface area contributed by atoms with Gasteiger partial charge in [0.25, 0.3) is 0 Å². The van der Waals surface area contributed by atoms with Gasteiger partial charge in [0, 0.05) is 11.5 Å². The van der Waals surface area contributed by atoms with E-state index in [4.69, 9.17) is 0 Å². The van der Waals surface area contributed by atoms with Crippen LogP contribution in [0.2, 0.25) is 6.82 Å². The predicted molar refractivity (Wildman–Crippen MR) is 110 cm³/mol. The first-order chi connectivity index (χ1) is 12.5. The van der Waals surface area contributed by atoms with Gasteiger partial charge < -0.3 is 5.02 Å². The van der Waals surface area contributed by atoms with Crippen LogP contribution >= 0.6 is 0 Å². The van der Waals surface area contributed by atoms with Gasteiger partial charge in [0.15, 0.2) is 5.78 Å². The van der Waals surface area contributed by atoms with Gasteiger partial charge in [-0.1, -0.05) is 98.7 Å². The van der Waals surface area contributed by atoms with Crippen molar-refractivity contribution in [2.75, 3.05) is 0 Å². The van der Waals surface area contributed by atoms with E-state index in [0.717, 1.165) is 5.46 Å². The minimum absolute atomic E-state index is 0.0255. The zero-order chi connectivity index (χ0) is 18.9. The van der Waals surface area contributed by atoms with E-state index in [9.17, 15) is 9.82 Å². The molecule has 0 bridgehead atoms. The van der Waals surface area contributed by atoms with Gasteiger partial charge in [-0.15, -0.1) is 0 Å². The molecule has 0 aliphatic carbocycles. The molecule has 3 heteroatoms. The van der Waals surface area contributed by atoms with Crippen LogP contribution in [0.5, 0.6) is 0 Å². The molecule has 0 aromatic heterocycles. The van der Waals surface area contributed by atoms with E-state index in [1.165, 1.54) is 18.1 Å². The maximum Gasteiger partial charge on any atom is 0.320 e. The van der Waals surface area contributed by atoms with Gasteiger partial charge in [-0.3, -0.25) is 4.79 Å². The second-order valence-corrected chi connectivity index (χ2v) is 6.40. The fraction of sp³-hybridized carbons (Fsp3) is 0.174. The van der Waals surface area contributed by atoms with Crippen molar-refractivity contribution in [3.05, 3.63) is 102 Å². The summed E-state index contributed by atoms with van der Waals surface area (Å²) in [6, 6.07) is 28.2. The molecule has 0 saturated carbocycles. The van der Waals surface area contributed by atoms with E-state index in [1.807, 2.05) is 0 Å². The Morgan fingerprint density at radius 3 is 1.77 bits per heavy atom. The molecule has 0 saturated heterocycles. The standard InChI is InChI=1S/C14H14.C9H11BO2/c1-12(13-8-4-2-5-9-13)14-10-6-3-7-11-14;1-7(11)8-4-3-5-9(6-8)10(2)12/h2-12H,1H3;3-6,12H,1-2H3. The van der Waals surface area contributed by atoms with Crippen molar-refractivity contribution < 1.29 is 9.82 Å². The molecule has 3 rings (SSSR count). The molecule has 0 atom stereocenters. The van der Waals surface area contributed by atoms with E-state index in [-0.39, 0.29) is 5.78 Å². The third-order valence-corrected chi connectivity index (χ3v) is 4.37. The first-order valence-corrected chi connectivity index (χ1v) is 8.88. The number of benzene rings is 3. The molecule has 0 radical (unpaired) electrons. The Bertz CT molecular complexity index is 774. The number of carbonyl (C=O) groups is 1. The van der Waals surface area contributed by atoms with Gasteiger partial charge in [0.05, 0.1) is 0 Å². The molecule has 1 N–H and O–H groups in total. The Balaban J connectivity index is 0.000000190. The predicted octanol–water partition coefficient (Wildman–Crippen LogP) is 4.55. The molecule has 3 aromatic rings. The minimum Gasteiger partial charge on any atom is -0.447 e. The number of carbonyl (C=O) groups excluding carboxylic acids is 1. The van der Waals surface area contributed by atoms with E-state index < -0.39 is 6.92 Å². The number of hydrogen-bond acceptors (Lipinski definition) is 2. The van der Waals surface area contributed by atoms with Crippen LogP contribution in [-0.4, -0.2) is 17.7 Å². The van der Waals surface area contributed by atoms with Crippen molar-refractivity contribution in [2.45, 2.75) is 26.6 Å². The molecular weight excluding hydrogens is 319 g/mol. The van der Waals surface area contributed by atoms with Crippen LogP contribution in [0.25, 0.3) is 0 Å². The Labute approximate surface area is 156 Å². The van der Waals surface area contributed by atoms with Crippen LogP contribution in [0.1, 0.15) is 41.3 Å². The molecule has 2 nitrogen and oxygen atoms in total. The van der Waals surface area contributed by atoms with Gasteiger partial charge >= 0.3 is 6.92 Å². The number of hydrogen-bond donors (Lipinski definition) is 1. The van der Waals surface area contributed by atoms with E-state index >= 15 is 0 Å². The molecule has 0 aliphatic rings. The summed E-state index contributed by atoms with van der Waals surface area (Å²) in [5, 5.41) is 9.22. The summed E-state index contributed by atoms with van der Waals surface area (Å²) in [5.74, 6) is 0.509. The second kappa shape index (κ2) is 9.74. The number of ketones is 1. The van der Waals surface area contributed by atoms with E-state index in [0.29, 0.717) is 11.5 Å². The average Bonchev–Trinajstić information content (AvgIpc) is 2.69. The third kappa shape index (κ3) is 5.71. The smallest absolute Gasteiger partial charge is 0.320 e. The molecule has 0 unspecified atom stereocenters. The highest BCUT2D eigenvalue weighted by Gasteiger charge is 2.08. The Morgan fingerprint density at radius 2 is 1.35 bits per heavy atom. The van der Waals surface area contributed by atoms with Crippen molar-refractivity contribution in [1.82, 2.24) is 0 Å². The van der Waals surface area contributed by atoms with Gasteiger partial charge in [-0.2, -0.15) is 0 Å². The highest BCUT2D eigenvalue weighted by atomic mass is 16.2. The first kappa shape index (κ1) is 19.7. The van der Waals surface area contributed by atoms with Gasteiger partial charge in [-0.05, 0) is 23.5 Å². The zero-order valence-electron chi connectivity index (χ0n) is 15.6. The zero-order valence-corrected chi connectivity index (χ0v) is 15.6. The first-order valence-electron chi connectivity index (χ1n) is 8.88. The number of Topliss-reactive ketones (excluding diaryl/α,β-unsaturated/α-hetero) is 1. The van der Waals surface area contributed by atoms with Gasteiger partial charge in [0.1, 0.15) is 0 Å². The third-order valence-electron chi connectivity index (χ3n) is 4.37. The molecule has 3 aromatic carbocycles. The van der Waals surface area contributed by atoms with Crippen LogP contribution in [0.15, 0.2) is 84.9 Å². The lowest BCUT2D eigenvalue weighted by Crippen LogP contribution is -2.26. The molecule has 0 aliphatic heterocycles. The molecule has 26 heavy (non-hydrogen) atoms. The van der Waals surface area contributed by atoms with Crippen LogP contribution in [0, 0.1) is 0 Å². The summed E-state index contributed by atoms with van der Waals surface area (Å²) in [4.78, 5) is 10.9. The Hall–Kier alpha value is -2.65. The average molecular weight is 344 g/mol. The van der Waals surface area contributed by atoms with Crippen LogP contribution in [0.3, 0.4) is 0 Å². The molecule has 0 amide bonds. The summed E-state index contributed by atoms with van der Waals surface area (Å²) in [5.41, 5.74) is 4.17. The molecule has 0 fully saturated rings. The van der Waals surface area contributed by atoms with Crippen molar-refractivity contribution in [1.29, 1.82) is 0 Å². The largest absolute Gasteiger partial charge is 0.447 e. The normalized spacial score (nSPS) is 10.0. The maximum absolute atomic E-state index is 10.9. The quantitative estimate of drug-likeness (QED) is 0.557. The molecule has 132 valence electrons. The lowest BCUT2D eigenvalue weighted by molar-refractivity contribution is 0.101. The summed E-state index contributed by atoms with van der Waals surface area (Å²) < 4.78 is 0. The fourth-order valence-electron chi connectivity index (χ4n) is 2.69. The van der Waals surface area contributed by atoms with E-state index in [1.54, 1.807) is 31.1 Å². The van der Waals surface area contributed by atoms with Crippen LogP contribution in [0.4, 0.5) is 0 Å². The molecular formula is C23H25BO2. The van der Waals surface area contributed by atoms with Crippen molar-refractivity contribution in [2.24, 2.45) is 0 Å². The maximum atomic E-state index is 10.9. The molecule has 0 heterocycles. The van der Waals surface area contributed by atoms with Gasteiger partial charge in [0.2, 0.25) is 0 Å². The lowest BCUT2D eigenvalue weighted by atomic mass is 9.64. The van der Waals surface area contributed by atoms with Crippen molar-refractivity contribution in [3.63, 3.8) is 0 Å². The monoisotopic (exact) mass is 344 g/mol. The number of rotatable bonds is 4. The van der Waals surface area contributed by atoms with Crippen LogP contribution in [-0.2, 0) is 0 Å².